The fourth-order valence-electron chi connectivity index (χ4n) is 2.15. The fraction of sp³-hybridized carbons (Fsp3) is 0.333. The van der Waals surface area contributed by atoms with E-state index in [2.05, 4.69) is 22.0 Å². The molecule has 104 valence electrons. The summed E-state index contributed by atoms with van der Waals surface area (Å²) in [4.78, 5) is 18.9. The molecule has 0 bridgehead atoms. The van der Waals surface area contributed by atoms with Crippen LogP contribution in [0.15, 0.2) is 46.3 Å². The molecule has 3 rings (SSSR count). The molecule has 2 aliphatic rings. The van der Waals surface area contributed by atoms with Gasteiger partial charge in [-0.3, -0.25) is 4.79 Å². The number of benzene rings is 1. The van der Waals surface area contributed by atoms with E-state index in [1.54, 1.807) is 0 Å². The summed E-state index contributed by atoms with van der Waals surface area (Å²) in [7, 11) is 0. The van der Waals surface area contributed by atoms with E-state index < -0.39 is 0 Å². The molecule has 20 heavy (non-hydrogen) atoms. The smallest absolute Gasteiger partial charge is 0.285 e. The molecular weight excluding hydrogens is 272 g/mol. The average Bonchev–Trinajstić information content (AvgIpc) is 2.88. The lowest BCUT2D eigenvalue weighted by Gasteiger charge is -2.27. The second kappa shape index (κ2) is 6.24. The third kappa shape index (κ3) is 3.11. The minimum atomic E-state index is -0.118. The van der Waals surface area contributed by atoms with Crippen molar-refractivity contribution in [3.63, 3.8) is 0 Å². The summed E-state index contributed by atoms with van der Waals surface area (Å²) in [5, 5.41) is 0.817. The highest BCUT2D eigenvalue weighted by Crippen LogP contribution is 2.29. The maximum atomic E-state index is 11.9. The van der Waals surface area contributed by atoms with Gasteiger partial charge in [0.15, 0.2) is 5.17 Å². The molecule has 0 spiro atoms. The Bertz CT molecular complexity index is 548. The molecule has 0 aliphatic carbocycles. The zero-order valence-electron chi connectivity index (χ0n) is 11.1. The minimum Gasteiger partial charge on any atom is -0.378 e. The van der Waals surface area contributed by atoms with Crippen LogP contribution in [-0.2, 0) is 16.0 Å². The van der Waals surface area contributed by atoms with E-state index in [4.69, 9.17) is 4.74 Å². The van der Waals surface area contributed by atoms with Crippen LogP contribution >= 0.6 is 11.8 Å². The first-order chi connectivity index (χ1) is 9.83. The molecule has 5 heteroatoms. The first kappa shape index (κ1) is 13.4. The standard InChI is InChI=1S/C15H16N2O2S/c18-14-13(7-6-12-4-2-1-3-5-12)20-15(16-14)17-8-10-19-11-9-17/h1-5,7H,6,8-11H2/b13-7+. The number of ether oxygens (including phenoxy) is 1. The Morgan fingerprint density at radius 1 is 1.25 bits per heavy atom. The molecule has 1 aromatic rings. The maximum Gasteiger partial charge on any atom is 0.285 e. The summed E-state index contributed by atoms with van der Waals surface area (Å²) in [6, 6.07) is 10.1. The van der Waals surface area contributed by atoms with E-state index in [0.717, 1.165) is 29.6 Å². The monoisotopic (exact) mass is 288 g/mol. The zero-order valence-corrected chi connectivity index (χ0v) is 11.9. The molecule has 2 heterocycles. The van der Waals surface area contributed by atoms with Crippen LogP contribution in [0.2, 0.25) is 0 Å². The molecule has 0 N–H and O–H groups in total. The van der Waals surface area contributed by atoms with Gasteiger partial charge < -0.3 is 9.64 Å². The van der Waals surface area contributed by atoms with Gasteiger partial charge in [-0.05, 0) is 23.7 Å². The van der Waals surface area contributed by atoms with Crippen molar-refractivity contribution in [3.8, 4) is 0 Å². The van der Waals surface area contributed by atoms with Crippen LogP contribution < -0.4 is 0 Å². The van der Waals surface area contributed by atoms with Gasteiger partial charge in [-0.25, -0.2) is 0 Å². The zero-order chi connectivity index (χ0) is 13.8. The van der Waals surface area contributed by atoms with Crippen LogP contribution in [-0.4, -0.2) is 42.3 Å². The average molecular weight is 288 g/mol. The normalized spacial score (nSPS) is 21.4. The summed E-state index contributed by atoms with van der Waals surface area (Å²) >= 11 is 1.48. The Morgan fingerprint density at radius 3 is 2.75 bits per heavy atom. The van der Waals surface area contributed by atoms with E-state index in [-0.39, 0.29) is 5.91 Å². The predicted molar refractivity (Wildman–Crippen MR) is 80.7 cm³/mol. The maximum absolute atomic E-state index is 11.9. The summed E-state index contributed by atoms with van der Waals surface area (Å²) in [6.07, 6.45) is 2.74. The van der Waals surface area contributed by atoms with Crippen LogP contribution in [0.3, 0.4) is 0 Å². The minimum absolute atomic E-state index is 0.118. The van der Waals surface area contributed by atoms with Crippen LogP contribution in [0.4, 0.5) is 0 Å². The van der Waals surface area contributed by atoms with Crippen molar-refractivity contribution in [2.75, 3.05) is 26.3 Å². The second-order valence-corrected chi connectivity index (χ2v) is 5.67. The van der Waals surface area contributed by atoms with Gasteiger partial charge in [-0.15, -0.1) is 0 Å². The van der Waals surface area contributed by atoms with E-state index in [9.17, 15) is 4.79 Å². The number of carbonyl (C=O) groups excluding carboxylic acids is 1. The number of aliphatic imine (C=N–C) groups is 1. The molecule has 4 nitrogen and oxygen atoms in total. The predicted octanol–water partition coefficient (Wildman–Crippen LogP) is 2.07. The molecule has 0 unspecified atom stereocenters. The second-order valence-electron chi connectivity index (χ2n) is 4.66. The van der Waals surface area contributed by atoms with Gasteiger partial charge in [0, 0.05) is 13.1 Å². The van der Waals surface area contributed by atoms with Crippen LogP contribution in [0.1, 0.15) is 5.56 Å². The summed E-state index contributed by atoms with van der Waals surface area (Å²) in [5.41, 5.74) is 1.20. The van der Waals surface area contributed by atoms with E-state index in [1.807, 2.05) is 24.3 Å². The van der Waals surface area contributed by atoms with Crippen molar-refractivity contribution in [1.82, 2.24) is 4.90 Å². The lowest BCUT2D eigenvalue weighted by Crippen LogP contribution is -2.38. The molecule has 0 atom stereocenters. The third-order valence-corrected chi connectivity index (χ3v) is 4.35. The number of rotatable bonds is 2. The molecule has 0 aromatic heterocycles. The topological polar surface area (TPSA) is 41.9 Å². The highest BCUT2D eigenvalue weighted by molar-refractivity contribution is 8.18. The number of allylic oxidation sites excluding steroid dienone is 1. The number of carbonyl (C=O) groups is 1. The van der Waals surface area contributed by atoms with Gasteiger partial charge in [0.2, 0.25) is 0 Å². The molecule has 1 saturated heterocycles. The van der Waals surface area contributed by atoms with E-state index in [1.165, 1.54) is 17.3 Å². The quantitative estimate of drug-likeness (QED) is 0.781. The van der Waals surface area contributed by atoms with Gasteiger partial charge in [0.1, 0.15) is 0 Å². The summed E-state index contributed by atoms with van der Waals surface area (Å²) in [6.45, 7) is 3.03. The molecule has 2 aliphatic heterocycles. The van der Waals surface area contributed by atoms with Crippen molar-refractivity contribution in [2.24, 2.45) is 4.99 Å². The van der Waals surface area contributed by atoms with Crippen molar-refractivity contribution in [3.05, 3.63) is 46.9 Å². The van der Waals surface area contributed by atoms with Crippen LogP contribution in [0.5, 0.6) is 0 Å². The SMILES string of the molecule is O=C1N=C(N2CCOCC2)S/C1=C/Cc1ccccc1. The molecular formula is C15H16N2O2S. The van der Waals surface area contributed by atoms with Crippen LogP contribution in [0, 0.1) is 0 Å². The van der Waals surface area contributed by atoms with Gasteiger partial charge >= 0.3 is 0 Å². The Kier molecular flexibility index (Phi) is 4.18. The van der Waals surface area contributed by atoms with Crippen molar-refractivity contribution >= 4 is 22.8 Å². The molecule has 0 radical (unpaired) electrons. The number of thioether (sulfide) groups is 1. The Morgan fingerprint density at radius 2 is 2.00 bits per heavy atom. The Balaban J connectivity index is 1.64. The third-order valence-electron chi connectivity index (χ3n) is 3.26. The number of hydrogen-bond donors (Lipinski definition) is 0. The summed E-state index contributed by atoms with van der Waals surface area (Å²) in [5.74, 6) is -0.118. The number of amidine groups is 1. The largest absolute Gasteiger partial charge is 0.378 e. The lowest BCUT2D eigenvalue weighted by atomic mass is 10.1. The first-order valence-electron chi connectivity index (χ1n) is 6.70. The highest BCUT2D eigenvalue weighted by Gasteiger charge is 2.26. The van der Waals surface area contributed by atoms with Gasteiger partial charge in [-0.1, -0.05) is 36.4 Å². The molecule has 1 amide bonds. The summed E-state index contributed by atoms with van der Waals surface area (Å²) < 4.78 is 5.31. The highest BCUT2D eigenvalue weighted by atomic mass is 32.2. The van der Waals surface area contributed by atoms with E-state index in [0.29, 0.717) is 13.2 Å². The number of hydrogen-bond acceptors (Lipinski definition) is 4. The number of nitrogens with zero attached hydrogens (tertiary/aromatic N) is 2. The Hall–Kier alpha value is -1.59. The lowest BCUT2D eigenvalue weighted by molar-refractivity contribution is -0.113. The van der Waals surface area contributed by atoms with Crippen molar-refractivity contribution < 1.29 is 9.53 Å². The van der Waals surface area contributed by atoms with Crippen LogP contribution in [0.25, 0.3) is 0 Å². The number of morpholine rings is 1. The van der Waals surface area contributed by atoms with Gasteiger partial charge in [0.05, 0.1) is 18.1 Å². The number of amides is 1. The van der Waals surface area contributed by atoms with Crippen molar-refractivity contribution in [2.45, 2.75) is 6.42 Å². The van der Waals surface area contributed by atoms with Gasteiger partial charge in [0.25, 0.3) is 5.91 Å². The first-order valence-corrected chi connectivity index (χ1v) is 7.52. The fourth-order valence-corrected chi connectivity index (χ4v) is 3.09. The van der Waals surface area contributed by atoms with Gasteiger partial charge in [-0.2, -0.15) is 4.99 Å². The Labute approximate surface area is 122 Å². The van der Waals surface area contributed by atoms with E-state index >= 15 is 0 Å². The molecule has 1 aromatic carbocycles. The van der Waals surface area contributed by atoms with Crippen molar-refractivity contribution in [1.29, 1.82) is 0 Å². The molecule has 1 fully saturated rings. The molecule has 0 saturated carbocycles.